The first-order chi connectivity index (χ1) is 13.3. The second kappa shape index (κ2) is 7.93. The minimum atomic E-state index is -1.04. The second-order valence-electron chi connectivity index (χ2n) is 6.92. The van der Waals surface area contributed by atoms with Crippen LogP contribution >= 0.6 is 12.2 Å². The molecule has 1 aliphatic rings. The SMILES string of the molecule is Cc1ccc(NC(=S)NN2C(=O)N[C@@](C)(CCc3ccccc3)C2=O)cc1F. The molecule has 1 heterocycles. The van der Waals surface area contributed by atoms with Gasteiger partial charge in [-0.1, -0.05) is 36.4 Å². The molecule has 0 unspecified atom stereocenters. The zero-order chi connectivity index (χ0) is 20.3. The van der Waals surface area contributed by atoms with Crippen molar-refractivity contribution in [1.82, 2.24) is 15.8 Å². The number of imide groups is 1. The van der Waals surface area contributed by atoms with E-state index in [9.17, 15) is 14.0 Å². The molecular weight excluding hydrogens is 379 g/mol. The molecule has 2 aromatic carbocycles. The average Bonchev–Trinajstić information content (AvgIpc) is 2.87. The Labute approximate surface area is 168 Å². The highest BCUT2D eigenvalue weighted by Gasteiger charge is 2.48. The van der Waals surface area contributed by atoms with Crippen LogP contribution in [0.15, 0.2) is 48.5 Å². The molecule has 0 aliphatic carbocycles. The Hall–Kier alpha value is -3.00. The van der Waals surface area contributed by atoms with Gasteiger partial charge < -0.3 is 10.6 Å². The number of nitrogens with zero attached hydrogens (tertiary/aromatic N) is 1. The van der Waals surface area contributed by atoms with Crippen LogP contribution in [-0.4, -0.2) is 27.6 Å². The number of nitrogens with one attached hydrogen (secondary N) is 3. The van der Waals surface area contributed by atoms with Crippen molar-refractivity contribution < 1.29 is 14.0 Å². The standard InChI is InChI=1S/C20H21FN4O2S/c1-13-8-9-15(12-16(13)21)22-18(28)24-25-17(26)20(2,23-19(25)27)11-10-14-6-4-3-5-7-14/h3-9,12H,10-11H2,1-2H3,(H,23,27)(H2,22,24,28)/t20-/m0/s1. The van der Waals surface area contributed by atoms with Crippen molar-refractivity contribution in [2.75, 3.05) is 5.32 Å². The van der Waals surface area contributed by atoms with Crippen LogP contribution in [0.3, 0.4) is 0 Å². The minimum absolute atomic E-state index is 0.0130. The van der Waals surface area contributed by atoms with Gasteiger partial charge in [0.1, 0.15) is 11.4 Å². The molecule has 3 amide bonds. The van der Waals surface area contributed by atoms with Gasteiger partial charge in [-0.05, 0) is 62.2 Å². The lowest BCUT2D eigenvalue weighted by molar-refractivity contribution is -0.132. The maximum Gasteiger partial charge on any atom is 0.344 e. The molecule has 1 aliphatic heterocycles. The van der Waals surface area contributed by atoms with Crippen molar-refractivity contribution in [1.29, 1.82) is 0 Å². The summed E-state index contributed by atoms with van der Waals surface area (Å²) in [7, 11) is 0. The van der Waals surface area contributed by atoms with Crippen molar-refractivity contribution in [3.63, 3.8) is 0 Å². The van der Waals surface area contributed by atoms with Crippen LogP contribution < -0.4 is 16.1 Å². The van der Waals surface area contributed by atoms with Crippen LogP contribution in [-0.2, 0) is 11.2 Å². The highest BCUT2D eigenvalue weighted by Crippen LogP contribution is 2.22. The van der Waals surface area contributed by atoms with Crippen LogP contribution in [0.2, 0.25) is 0 Å². The molecule has 1 atom stereocenters. The number of hydrazine groups is 1. The molecule has 0 saturated carbocycles. The Morgan fingerprint density at radius 1 is 1.21 bits per heavy atom. The van der Waals surface area contributed by atoms with Gasteiger partial charge in [-0.15, -0.1) is 0 Å². The van der Waals surface area contributed by atoms with Crippen LogP contribution in [0.5, 0.6) is 0 Å². The first kappa shape index (κ1) is 19.8. The summed E-state index contributed by atoms with van der Waals surface area (Å²) in [5.74, 6) is -0.802. The maximum absolute atomic E-state index is 13.7. The van der Waals surface area contributed by atoms with Gasteiger partial charge in [-0.25, -0.2) is 9.18 Å². The molecule has 8 heteroatoms. The van der Waals surface area contributed by atoms with E-state index in [-0.39, 0.29) is 10.9 Å². The van der Waals surface area contributed by atoms with Crippen LogP contribution in [0.25, 0.3) is 0 Å². The fraction of sp³-hybridized carbons (Fsp3) is 0.250. The van der Waals surface area contributed by atoms with Crippen LogP contribution in [0.4, 0.5) is 14.9 Å². The molecule has 1 fully saturated rings. The predicted octanol–water partition coefficient (Wildman–Crippen LogP) is 3.28. The van der Waals surface area contributed by atoms with Crippen molar-refractivity contribution >= 4 is 35.0 Å². The van der Waals surface area contributed by atoms with Gasteiger partial charge in [-0.3, -0.25) is 10.2 Å². The van der Waals surface area contributed by atoms with E-state index in [4.69, 9.17) is 12.2 Å². The van der Waals surface area contributed by atoms with Gasteiger partial charge in [-0.2, -0.15) is 5.01 Å². The summed E-state index contributed by atoms with van der Waals surface area (Å²) in [4.78, 5) is 25.1. The predicted molar refractivity (Wildman–Crippen MR) is 109 cm³/mol. The van der Waals surface area contributed by atoms with Crippen molar-refractivity contribution in [3.8, 4) is 0 Å². The smallest absolute Gasteiger partial charge is 0.331 e. The lowest BCUT2D eigenvalue weighted by atomic mass is 9.93. The summed E-state index contributed by atoms with van der Waals surface area (Å²) in [6, 6.07) is 13.7. The highest BCUT2D eigenvalue weighted by atomic mass is 32.1. The Balaban J connectivity index is 1.62. The van der Waals surface area contributed by atoms with Crippen LogP contribution in [0.1, 0.15) is 24.5 Å². The molecule has 0 bridgehead atoms. The van der Waals surface area contributed by atoms with E-state index in [1.54, 1.807) is 26.0 Å². The molecule has 0 aromatic heterocycles. The molecule has 3 rings (SSSR count). The Morgan fingerprint density at radius 3 is 2.61 bits per heavy atom. The van der Waals surface area contributed by atoms with E-state index in [1.165, 1.54) is 6.07 Å². The molecule has 3 N–H and O–H groups in total. The number of amides is 3. The molecule has 2 aromatic rings. The molecule has 146 valence electrons. The fourth-order valence-electron chi connectivity index (χ4n) is 2.93. The topological polar surface area (TPSA) is 73.5 Å². The summed E-state index contributed by atoms with van der Waals surface area (Å²) in [6.45, 7) is 3.34. The molecule has 6 nitrogen and oxygen atoms in total. The number of anilines is 1. The van der Waals surface area contributed by atoms with Gasteiger partial charge >= 0.3 is 6.03 Å². The maximum atomic E-state index is 13.7. The van der Waals surface area contributed by atoms with Crippen LogP contribution in [0, 0.1) is 12.7 Å². The van der Waals surface area contributed by atoms with Gasteiger partial charge in [0, 0.05) is 5.69 Å². The van der Waals surface area contributed by atoms with E-state index >= 15 is 0 Å². The van der Waals surface area contributed by atoms with Crippen molar-refractivity contribution in [3.05, 3.63) is 65.5 Å². The monoisotopic (exact) mass is 400 g/mol. The summed E-state index contributed by atoms with van der Waals surface area (Å²) < 4.78 is 13.7. The Bertz CT molecular complexity index is 922. The number of benzene rings is 2. The quantitative estimate of drug-likeness (QED) is 0.531. The third-order valence-corrected chi connectivity index (χ3v) is 4.85. The third-order valence-electron chi connectivity index (χ3n) is 4.66. The zero-order valence-corrected chi connectivity index (χ0v) is 16.4. The number of hydrogen-bond donors (Lipinski definition) is 3. The molecule has 0 radical (unpaired) electrons. The average molecular weight is 400 g/mol. The number of halogens is 1. The molecule has 0 spiro atoms. The van der Waals surface area contributed by atoms with E-state index in [1.807, 2.05) is 30.3 Å². The summed E-state index contributed by atoms with van der Waals surface area (Å²) >= 11 is 5.15. The number of urea groups is 1. The first-order valence-corrected chi connectivity index (χ1v) is 9.24. The molecule has 28 heavy (non-hydrogen) atoms. The van der Waals surface area contributed by atoms with E-state index < -0.39 is 17.5 Å². The Kier molecular flexibility index (Phi) is 5.60. The zero-order valence-electron chi connectivity index (χ0n) is 15.6. The van der Waals surface area contributed by atoms with Crippen molar-refractivity contribution in [2.45, 2.75) is 32.2 Å². The summed E-state index contributed by atoms with van der Waals surface area (Å²) in [5, 5.41) is 6.35. The first-order valence-electron chi connectivity index (χ1n) is 8.83. The fourth-order valence-corrected chi connectivity index (χ4v) is 3.13. The second-order valence-corrected chi connectivity index (χ2v) is 7.33. The lowest BCUT2D eigenvalue weighted by Crippen LogP contribution is -2.50. The largest absolute Gasteiger partial charge is 0.344 e. The molecule has 1 saturated heterocycles. The van der Waals surface area contributed by atoms with E-state index in [0.717, 1.165) is 10.6 Å². The number of thiocarbonyl (C=S) groups is 1. The van der Waals surface area contributed by atoms with E-state index in [2.05, 4.69) is 16.1 Å². The normalized spacial score (nSPS) is 18.8. The number of aryl methyl sites for hydroxylation is 2. The lowest BCUT2D eigenvalue weighted by Gasteiger charge is -2.22. The van der Waals surface area contributed by atoms with Gasteiger partial charge in [0.05, 0.1) is 0 Å². The Morgan fingerprint density at radius 2 is 1.93 bits per heavy atom. The van der Waals surface area contributed by atoms with Gasteiger partial charge in [0.2, 0.25) is 0 Å². The summed E-state index contributed by atoms with van der Waals surface area (Å²) in [6.07, 6.45) is 1.09. The van der Waals surface area contributed by atoms with Gasteiger partial charge in [0.15, 0.2) is 5.11 Å². The van der Waals surface area contributed by atoms with Gasteiger partial charge in [0.25, 0.3) is 5.91 Å². The highest BCUT2D eigenvalue weighted by molar-refractivity contribution is 7.80. The third kappa shape index (κ3) is 4.28. The number of carbonyl (C=O) groups is 2. The molecular formula is C20H21FN4O2S. The number of carbonyl (C=O) groups excluding carboxylic acids is 2. The van der Waals surface area contributed by atoms with E-state index in [0.29, 0.717) is 24.1 Å². The number of rotatable bonds is 5. The van der Waals surface area contributed by atoms with Crippen molar-refractivity contribution in [2.24, 2.45) is 0 Å². The number of hydrogen-bond acceptors (Lipinski definition) is 3. The minimum Gasteiger partial charge on any atom is -0.331 e. The summed E-state index contributed by atoms with van der Waals surface area (Å²) in [5.41, 5.74) is 3.55.